The number of carbonyl (C=O) groups excluding carboxylic acids is 1. The summed E-state index contributed by atoms with van der Waals surface area (Å²) in [6.45, 7) is 4.33. The first-order chi connectivity index (χ1) is 8.77. The highest BCUT2D eigenvalue weighted by atomic mass is 35.5. The molecule has 0 radical (unpaired) electrons. The highest BCUT2D eigenvalue weighted by Gasteiger charge is 2.12. The van der Waals surface area contributed by atoms with Gasteiger partial charge in [0.25, 0.3) is 0 Å². The normalized spacial score (nSPS) is 9.79. The van der Waals surface area contributed by atoms with Gasteiger partial charge in [-0.15, -0.1) is 12.4 Å². The molecule has 0 spiro atoms. The fourth-order valence-corrected chi connectivity index (χ4v) is 1.71. The van der Waals surface area contributed by atoms with Crippen LogP contribution in [-0.2, 0) is 16.0 Å². The van der Waals surface area contributed by atoms with Crippen molar-refractivity contribution < 1.29 is 9.53 Å². The number of carbonyl (C=O) groups is 1. The molecule has 0 aliphatic rings. The van der Waals surface area contributed by atoms with Gasteiger partial charge < -0.3 is 15.4 Å². The molecule has 0 aromatic heterocycles. The van der Waals surface area contributed by atoms with Gasteiger partial charge in [-0.05, 0) is 18.9 Å². The lowest BCUT2D eigenvalue weighted by atomic mass is 10.1. The van der Waals surface area contributed by atoms with Gasteiger partial charge in [0.1, 0.15) is 6.61 Å². The Kier molecular flexibility index (Phi) is 10.2. The number of nitrogens with zero attached hydrogens (tertiary/aromatic N) is 1. The fraction of sp³-hybridized carbons (Fsp3) is 0.500. The average Bonchev–Trinajstić information content (AvgIpc) is 2.42. The molecule has 0 aliphatic heterocycles. The van der Waals surface area contributed by atoms with Crippen LogP contribution in [0.15, 0.2) is 30.3 Å². The first-order valence-electron chi connectivity index (χ1n) is 6.37. The van der Waals surface area contributed by atoms with E-state index < -0.39 is 0 Å². The molecule has 19 heavy (non-hydrogen) atoms. The lowest BCUT2D eigenvalue weighted by Gasteiger charge is -2.22. The van der Waals surface area contributed by atoms with Gasteiger partial charge in [-0.1, -0.05) is 30.3 Å². The number of nitrogens with two attached hydrogens (primary N) is 1. The van der Waals surface area contributed by atoms with Crippen LogP contribution >= 0.6 is 12.4 Å². The molecule has 0 bridgehead atoms. The minimum absolute atomic E-state index is 0. The highest BCUT2D eigenvalue weighted by molar-refractivity contribution is 5.85. The van der Waals surface area contributed by atoms with Crippen molar-refractivity contribution >= 4 is 18.3 Å². The second-order valence-corrected chi connectivity index (χ2v) is 4.04. The van der Waals surface area contributed by atoms with Gasteiger partial charge in [0.05, 0.1) is 0 Å². The Labute approximate surface area is 121 Å². The Balaban J connectivity index is 0.00000324. The zero-order chi connectivity index (χ0) is 13.2. The van der Waals surface area contributed by atoms with Crippen molar-refractivity contribution in [3.8, 4) is 0 Å². The van der Waals surface area contributed by atoms with Crippen molar-refractivity contribution in [2.24, 2.45) is 5.73 Å². The van der Waals surface area contributed by atoms with Crippen LogP contribution in [0.3, 0.4) is 0 Å². The predicted octanol–water partition coefficient (Wildman–Crippen LogP) is 1.47. The topological polar surface area (TPSA) is 55.6 Å². The van der Waals surface area contributed by atoms with E-state index in [0.717, 1.165) is 6.42 Å². The van der Waals surface area contributed by atoms with Gasteiger partial charge >= 0.3 is 0 Å². The molecule has 1 aromatic rings. The molecular formula is C14H23ClN2O2. The molecule has 1 amide bonds. The maximum atomic E-state index is 11.9. The Morgan fingerprint density at radius 3 is 2.53 bits per heavy atom. The molecule has 0 unspecified atom stereocenters. The number of benzene rings is 1. The second kappa shape index (κ2) is 10.8. The van der Waals surface area contributed by atoms with Crippen molar-refractivity contribution in [2.45, 2.75) is 13.3 Å². The zero-order valence-corrected chi connectivity index (χ0v) is 12.2. The number of hydrogen-bond acceptors (Lipinski definition) is 3. The van der Waals surface area contributed by atoms with E-state index in [9.17, 15) is 4.79 Å². The number of halogens is 1. The third kappa shape index (κ3) is 7.15. The largest absolute Gasteiger partial charge is 0.372 e. The summed E-state index contributed by atoms with van der Waals surface area (Å²) in [7, 11) is 0. The van der Waals surface area contributed by atoms with Gasteiger partial charge in [-0.25, -0.2) is 0 Å². The van der Waals surface area contributed by atoms with Crippen molar-refractivity contribution in [3.63, 3.8) is 0 Å². The quantitative estimate of drug-likeness (QED) is 0.787. The van der Waals surface area contributed by atoms with Crippen LogP contribution in [0, 0.1) is 0 Å². The summed E-state index contributed by atoms with van der Waals surface area (Å²) in [5, 5.41) is 0. The van der Waals surface area contributed by atoms with Crippen molar-refractivity contribution in [1.82, 2.24) is 4.90 Å². The molecular weight excluding hydrogens is 264 g/mol. The van der Waals surface area contributed by atoms with Gasteiger partial charge in [0, 0.05) is 26.2 Å². The highest BCUT2D eigenvalue weighted by Crippen LogP contribution is 2.02. The number of hydrogen-bond donors (Lipinski definition) is 1. The molecule has 0 saturated carbocycles. The molecule has 0 saturated heterocycles. The van der Waals surface area contributed by atoms with Crippen LogP contribution in [0.25, 0.3) is 0 Å². The molecule has 108 valence electrons. The van der Waals surface area contributed by atoms with Crippen molar-refractivity contribution in [2.75, 3.05) is 32.8 Å². The van der Waals surface area contributed by atoms with E-state index in [1.807, 2.05) is 25.1 Å². The summed E-state index contributed by atoms with van der Waals surface area (Å²) in [5.41, 5.74) is 6.76. The van der Waals surface area contributed by atoms with Crippen molar-refractivity contribution in [3.05, 3.63) is 35.9 Å². The Hall–Kier alpha value is -1.10. The smallest absolute Gasteiger partial charge is 0.248 e. The van der Waals surface area contributed by atoms with Crippen LogP contribution < -0.4 is 5.73 Å². The predicted molar refractivity (Wildman–Crippen MR) is 79.5 cm³/mol. The molecule has 0 fully saturated rings. The summed E-state index contributed by atoms with van der Waals surface area (Å²) in [5.74, 6) is 0.0123. The van der Waals surface area contributed by atoms with E-state index in [0.29, 0.717) is 26.2 Å². The lowest BCUT2D eigenvalue weighted by molar-refractivity contribution is -0.135. The molecule has 2 N–H and O–H groups in total. The van der Waals surface area contributed by atoms with E-state index in [1.165, 1.54) is 5.56 Å². The fourth-order valence-electron chi connectivity index (χ4n) is 1.71. The van der Waals surface area contributed by atoms with Crippen LogP contribution in [0.1, 0.15) is 12.5 Å². The van der Waals surface area contributed by atoms with E-state index in [1.54, 1.807) is 4.90 Å². The summed E-state index contributed by atoms with van der Waals surface area (Å²) < 4.78 is 5.14. The van der Waals surface area contributed by atoms with Crippen LogP contribution in [0.5, 0.6) is 0 Å². The number of amides is 1. The Morgan fingerprint density at radius 2 is 1.95 bits per heavy atom. The molecule has 1 rings (SSSR count). The van der Waals surface area contributed by atoms with E-state index in [-0.39, 0.29) is 24.9 Å². The third-order valence-electron chi connectivity index (χ3n) is 2.69. The summed E-state index contributed by atoms with van der Waals surface area (Å²) >= 11 is 0. The maximum absolute atomic E-state index is 11.9. The summed E-state index contributed by atoms with van der Waals surface area (Å²) in [4.78, 5) is 13.6. The molecule has 0 atom stereocenters. The Bertz CT molecular complexity index is 347. The lowest BCUT2D eigenvalue weighted by Crippen LogP contribution is -2.39. The van der Waals surface area contributed by atoms with Crippen LogP contribution in [0.4, 0.5) is 0 Å². The molecule has 4 nitrogen and oxygen atoms in total. The second-order valence-electron chi connectivity index (χ2n) is 4.04. The molecule has 0 heterocycles. The Morgan fingerprint density at radius 1 is 1.26 bits per heavy atom. The molecule has 1 aromatic carbocycles. The molecule has 0 aliphatic carbocycles. The monoisotopic (exact) mass is 286 g/mol. The van der Waals surface area contributed by atoms with Crippen LogP contribution in [0.2, 0.25) is 0 Å². The van der Waals surface area contributed by atoms with Gasteiger partial charge in [-0.3, -0.25) is 4.79 Å². The van der Waals surface area contributed by atoms with E-state index >= 15 is 0 Å². The van der Waals surface area contributed by atoms with E-state index in [4.69, 9.17) is 10.5 Å². The van der Waals surface area contributed by atoms with Gasteiger partial charge in [-0.2, -0.15) is 0 Å². The summed E-state index contributed by atoms with van der Waals surface area (Å²) in [6.07, 6.45) is 0.846. The minimum Gasteiger partial charge on any atom is -0.372 e. The van der Waals surface area contributed by atoms with E-state index in [2.05, 4.69) is 12.1 Å². The first-order valence-corrected chi connectivity index (χ1v) is 6.37. The first kappa shape index (κ1) is 17.9. The number of ether oxygens (including phenoxy) is 1. The van der Waals surface area contributed by atoms with Gasteiger partial charge in [0.15, 0.2) is 0 Å². The van der Waals surface area contributed by atoms with Gasteiger partial charge in [0.2, 0.25) is 5.91 Å². The standard InChI is InChI=1S/C14H22N2O2.ClH/c1-2-18-12-14(17)16(11-9-15)10-8-13-6-4-3-5-7-13;/h3-7H,2,8-12,15H2,1H3;1H. The third-order valence-corrected chi connectivity index (χ3v) is 2.69. The molecule has 5 heteroatoms. The zero-order valence-electron chi connectivity index (χ0n) is 11.4. The SMILES string of the molecule is CCOCC(=O)N(CCN)CCc1ccccc1.Cl. The minimum atomic E-state index is 0. The summed E-state index contributed by atoms with van der Waals surface area (Å²) in [6, 6.07) is 10.1. The average molecular weight is 287 g/mol. The van der Waals surface area contributed by atoms with Crippen molar-refractivity contribution in [1.29, 1.82) is 0 Å². The maximum Gasteiger partial charge on any atom is 0.248 e. The number of rotatable bonds is 8. The van der Waals surface area contributed by atoms with Crippen LogP contribution in [-0.4, -0.2) is 43.7 Å².